The zero-order chi connectivity index (χ0) is 32.2. The Morgan fingerprint density at radius 2 is 1.05 bits per heavy atom. The Kier molecular flexibility index (Phi) is 23.1. The zero-order valence-corrected chi connectivity index (χ0v) is 33.0. The van der Waals surface area contributed by atoms with Gasteiger partial charge in [-0.1, -0.05) is 30.8 Å². The van der Waals surface area contributed by atoms with Crippen molar-refractivity contribution in [2.75, 3.05) is 35.2 Å². The minimum absolute atomic E-state index is 0. The average Bonchev–Trinajstić information content (AvgIpc) is 3.53. The summed E-state index contributed by atoms with van der Waals surface area (Å²) < 4.78 is 16.8. The van der Waals surface area contributed by atoms with E-state index in [1.54, 1.807) is 60.1 Å². The van der Waals surface area contributed by atoms with E-state index in [-0.39, 0.29) is 14.9 Å². The summed E-state index contributed by atoms with van der Waals surface area (Å²) in [6.07, 6.45) is 4.92. The van der Waals surface area contributed by atoms with Crippen LogP contribution in [0.25, 0.3) is 0 Å². The van der Waals surface area contributed by atoms with Crippen LogP contribution in [-0.4, -0.2) is 74.9 Å². The second-order valence-corrected chi connectivity index (χ2v) is 24.3. The molecule has 0 atom stereocenters. The zero-order valence-electron chi connectivity index (χ0n) is 25.7. The van der Waals surface area contributed by atoms with Crippen molar-refractivity contribution in [3.8, 4) is 0 Å². The topological polar surface area (TPSA) is 142 Å². The van der Waals surface area contributed by atoms with Gasteiger partial charge < -0.3 is 38.0 Å². The standard InChI is InChI=1S/C10H19N2O2.C9H16N2O2.C7H10BrNO2.2CH4.2HI.V/c1-10(2,13)9-11-6-8(14-9)7-12(3,4)5;1-9(2,12)8-10-5-7(13-8)6-11(3)4;1-7(2,10)6-9-4-5(3-8)11-6;;;;;/h6,13H,7H2,1-5H3;5,12H,6H2,1-4H3;4,10H,3H2,1-2H3;2*1H4;2*1H;/q+1;;;;;;;+2/p-2. The summed E-state index contributed by atoms with van der Waals surface area (Å²) in [4.78, 5) is 13.9. The first-order chi connectivity index (χ1) is 18.5. The molecule has 3 heterocycles. The van der Waals surface area contributed by atoms with Crippen molar-refractivity contribution in [1.82, 2.24) is 19.9 Å². The van der Waals surface area contributed by atoms with E-state index in [2.05, 4.69) is 92.0 Å². The van der Waals surface area contributed by atoms with Gasteiger partial charge in [0.2, 0.25) is 17.7 Å². The van der Waals surface area contributed by atoms with Crippen LogP contribution < -0.4 is 0 Å². The SMILES string of the molecule is C.C.CC(C)(O)c1ncc(CBr)o1.CC(C)(O)c1ncc(C[N+](C)(C)C)o1.CN(C)Cc1cnc(C(C)(C)O)o1.[I][V][I]. The predicted octanol–water partition coefficient (Wildman–Crippen LogP) is 6.91. The molecule has 0 saturated heterocycles. The number of nitrogens with zero attached hydrogens (tertiary/aromatic N) is 5. The van der Waals surface area contributed by atoms with Crippen LogP contribution in [0.15, 0.2) is 31.8 Å². The number of alkyl halides is 1. The number of oxazole rings is 3. The maximum absolute atomic E-state index is 9.64. The molecule has 0 unspecified atom stereocenters. The third-order valence-corrected chi connectivity index (χ3v) is 5.02. The molecular formula is C28H53BrI2N5O6V+. The molecule has 0 radical (unpaired) electrons. The molecule has 0 aliphatic rings. The fraction of sp³-hybridized carbons (Fsp3) is 0.679. The summed E-state index contributed by atoms with van der Waals surface area (Å²) in [5, 5.41) is 29.3. The summed E-state index contributed by atoms with van der Waals surface area (Å²) in [6, 6.07) is 0. The van der Waals surface area contributed by atoms with Crippen molar-refractivity contribution >= 4 is 55.9 Å². The molecule has 0 aliphatic heterocycles. The van der Waals surface area contributed by atoms with Gasteiger partial charge in [-0.2, -0.15) is 0 Å². The molecule has 0 saturated carbocycles. The van der Waals surface area contributed by atoms with Gasteiger partial charge in [0.25, 0.3) is 0 Å². The Balaban J connectivity index is -0.000000524. The molecule has 0 spiro atoms. The van der Waals surface area contributed by atoms with Crippen LogP contribution in [0, 0.1) is 0 Å². The van der Waals surface area contributed by atoms with Crippen LogP contribution in [0.2, 0.25) is 0 Å². The third kappa shape index (κ3) is 21.4. The Morgan fingerprint density at radius 3 is 1.30 bits per heavy atom. The molecule has 43 heavy (non-hydrogen) atoms. The second-order valence-electron chi connectivity index (χ2n) is 12.0. The molecule has 15 heteroatoms. The number of aromatic nitrogens is 3. The van der Waals surface area contributed by atoms with E-state index in [1.807, 2.05) is 19.0 Å². The van der Waals surface area contributed by atoms with Crippen molar-refractivity contribution in [2.45, 2.75) is 91.6 Å². The van der Waals surface area contributed by atoms with Gasteiger partial charge in [-0.3, -0.25) is 0 Å². The number of rotatable bonds is 8. The number of aliphatic hydroxyl groups is 3. The number of halogens is 3. The van der Waals surface area contributed by atoms with Crippen LogP contribution in [0.3, 0.4) is 0 Å². The number of quaternary nitrogens is 1. The van der Waals surface area contributed by atoms with Gasteiger partial charge in [-0.25, -0.2) is 15.0 Å². The fourth-order valence-corrected chi connectivity index (χ4v) is 3.02. The van der Waals surface area contributed by atoms with Gasteiger partial charge >= 0.3 is 49.4 Å². The van der Waals surface area contributed by atoms with E-state index >= 15 is 0 Å². The first-order valence-corrected chi connectivity index (χ1v) is 22.6. The van der Waals surface area contributed by atoms with Crippen LogP contribution in [-0.2, 0) is 44.7 Å². The van der Waals surface area contributed by atoms with Crippen molar-refractivity contribution in [1.29, 1.82) is 0 Å². The van der Waals surface area contributed by atoms with Gasteiger partial charge in [0.05, 0.1) is 51.6 Å². The van der Waals surface area contributed by atoms with E-state index in [0.29, 0.717) is 39.0 Å². The third-order valence-electron chi connectivity index (χ3n) is 4.46. The minimum atomic E-state index is -0.997. The second kappa shape index (κ2) is 21.0. The van der Waals surface area contributed by atoms with Gasteiger partial charge in [0.1, 0.15) is 34.9 Å². The summed E-state index contributed by atoms with van der Waals surface area (Å²) in [5.74, 6) is 3.39. The van der Waals surface area contributed by atoms with Crippen LogP contribution in [0.5, 0.6) is 0 Å². The Labute approximate surface area is 296 Å². The number of hydrogen-bond donors (Lipinski definition) is 3. The fourth-order valence-electron chi connectivity index (χ4n) is 2.76. The Morgan fingerprint density at radius 1 is 0.744 bits per heavy atom. The summed E-state index contributed by atoms with van der Waals surface area (Å²) >= 11 is 7.96. The van der Waals surface area contributed by atoms with E-state index in [9.17, 15) is 15.3 Å². The molecule has 11 nitrogen and oxygen atoms in total. The van der Waals surface area contributed by atoms with Crippen LogP contribution >= 0.6 is 55.9 Å². The normalized spacial score (nSPS) is 11.5. The van der Waals surface area contributed by atoms with E-state index in [0.717, 1.165) is 28.3 Å². The van der Waals surface area contributed by atoms with Crippen molar-refractivity contribution in [3.05, 3.63) is 53.5 Å². The Bertz CT molecular complexity index is 1130. The van der Waals surface area contributed by atoms with Gasteiger partial charge in [0.15, 0.2) is 5.76 Å². The molecule has 3 rings (SSSR count). The monoisotopic (exact) mass is 939 g/mol. The molecular weight excluding hydrogens is 887 g/mol. The van der Waals surface area contributed by atoms with E-state index in [1.165, 1.54) is 0 Å². The molecule has 0 bridgehead atoms. The van der Waals surface area contributed by atoms with Crippen LogP contribution in [0.1, 0.15) is 91.3 Å². The van der Waals surface area contributed by atoms with E-state index in [4.69, 9.17) is 13.3 Å². The molecule has 3 aromatic heterocycles. The molecule has 251 valence electrons. The van der Waals surface area contributed by atoms with Crippen molar-refractivity contribution in [3.63, 3.8) is 0 Å². The summed E-state index contributed by atoms with van der Waals surface area (Å²) in [6.45, 7) is 11.4. The first-order valence-electron chi connectivity index (χ1n) is 12.5. The Hall–Kier alpha value is -0.0456. The molecule has 3 N–H and O–H groups in total. The summed E-state index contributed by atoms with van der Waals surface area (Å²) in [7, 11) is 10.8. The van der Waals surface area contributed by atoms with Crippen molar-refractivity contribution < 1.29 is 42.5 Å². The summed E-state index contributed by atoms with van der Waals surface area (Å²) in [5.41, 5.74) is -2.98. The van der Waals surface area contributed by atoms with Gasteiger partial charge in [-0.15, -0.1) is 0 Å². The van der Waals surface area contributed by atoms with E-state index < -0.39 is 16.8 Å². The molecule has 0 amide bonds. The predicted molar refractivity (Wildman–Crippen MR) is 189 cm³/mol. The molecule has 3 aromatic rings. The van der Waals surface area contributed by atoms with Gasteiger partial charge in [0, 0.05) is 0 Å². The van der Waals surface area contributed by atoms with Crippen LogP contribution in [0.4, 0.5) is 0 Å². The quantitative estimate of drug-likeness (QED) is 0.124. The molecule has 0 fully saturated rings. The maximum atomic E-state index is 9.64. The average molecular weight is 940 g/mol. The number of hydrogen-bond acceptors (Lipinski definition) is 10. The van der Waals surface area contributed by atoms with Crippen molar-refractivity contribution in [2.24, 2.45) is 0 Å². The van der Waals surface area contributed by atoms with Gasteiger partial charge in [-0.05, 0) is 55.6 Å². The molecule has 0 aliphatic carbocycles. The molecule has 0 aromatic carbocycles. The first kappa shape index (κ1) is 47.4.